The van der Waals surface area contributed by atoms with Gasteiger partial charge in [-0.2, -0.15) is 0 Å². The Hall–Kier alpha value is -1.99. The van der Waals surface area contributed by atoms with Gasteiger partial charge < -0.3 is 14.6 Å². The van der Waals surface area contributed by atoms with Gasteiger partial charge in [-0.05, 0) is 50.7 Å². The van der Waals surface area contributed by atoms with Gasteiger partial charge in [0.15, 0.2) is 0 Å². The highest BCUT2D eigenvalue weighted by Gasteiger charge is 2.21. The highest BCUT2D eigenvalue weighted by atomic mass is 32.1. The molecule has 144 valence electrons. The van der Waals surface area contributed by atoms with Gasteiger partial charge in [-0.3, -0.25) is 9.59 Å². The molecule has 1 aliphatic carbocycles. The van der Waals surface area contributed by atoms with E-state index in [2.05, 4.69) is 10.3 Å². The molecule has 3 heterocycles. The smallest absolute Gasteiger partial charge is 0.263 e. The number of nitrogens with zero attached hydrogens (tertiary/aromatic N) is 2. The van der Waals surface area contributed by atoms with E-state index in [0.29, 0.717) is 25.1 Å². The first-order chi connectivity index (χ1) is 13.1. The third-order valence-corrected chi connectivity index (χ3v) is 6.51. The number of fused-ring (bicyclic) bond motifs is 1. The molecule has 27 heavy (non-hydrogen) atoms. The zero-order valence-corrected chi connectivity index (χ0v) is 16.4. The van der Waals surface area contributed by atoms with Crippen LogP contribution in [0, 0.1) is 6.92 Å². The van der Waals surface area contributed by atoms with Crippen LogP contribution < -0.4 is 10.9 Å². The summed E-state index contributed by atoms with van der Waals surface area (Å²) in [6, 6.07) is 1.83. The number of nitrogens with one attached hydrogen (secondary N) is 1. The molecule has 4 rings (SSSR count). The minimum absolute atomic E-state index is 0.0631. The van der Waals surface area contributed by atoms with Gasteiger partial charge in [0, 0.05) is 30.6 Å². The molecule has 7 heteroatoms. The molecule has 1 aliphatic heterocycles. The lowest BCUT2D eigenvalue weighted by atomic mass is 10.1. The van der Waals surface area contributed by atoms with E-state index in [9.17, 15) is 9.59 Å². The number of aryl methyl sites for hydroxylation is 3. The number of ether oxygens (including phenoxy) is 1. The van der Waals surface area contributed by atoms with Gasteiger partial charge in [0.1, 0.15) is 5.56 Å². The van der Waals surface area contributed by atoms with Gasteiger partial charge in [-0.15, -0.1) is 11.3 Å². The van der Waals surface area contributed by atoms with Crippen LogP contribution in [0.4, 0.5) is 0 Å². The third-order valence-electron chi connectivity index (χ3n) is 5.29. The quantitative estimate of drug-likeness (QED) is 0.825. The Bertz CT molecular complexity index is 875. The summed E-state index contributed by atoms with van der Waals surface area (Å²) in [4.78, 5) is 31.5. The Morgan fingerprint density at radius 3 is 3.07 bits per heavy atom. The number of hydrogen-bond acceptors (Lipinski definition) is 5. The van der Waals surface area contributed by atoms with Gasteiger partial charge in [0.2, 0.25) is 0 Å². The zero-order valence-electron chi connectivity index (χ0n) is 15.6. The number of carbonyl (C=O) groups excluding carboxylic acids is 1. The van der Waals surface area contributed by atoms with E-state index in [0.717, 1.165) is 37.3 Å². The molecule has 1 N–H and O–H groups in total. The van der Waals surface area contributed by atoms with Gasteiger partial charge in [-0.25, -0.2) is 4.98 Å². The molecule has 0 spiro atoms. The molecule has 0 radical (unpaired) electrons. The average Bonchev–Trinajstić information content (AvgIpc) is 3.35. The second-order valence-corrected chi connectivity index (χ2v) is 8.47. The van der Waals surface area contributed by atoms with Gasteiger partial charge >= 0.3 is 0 Å². The van der Waals surface area contributed by atoms with Crippen molar-refractivity contribution in [1.82, 2.24) is 14.9 Å². The molecule has 6 nitrogen and oxygen atoms in total. The molecule has 1 atom stereocenters. The maximum Gasteiger partial charge on any atom is 0.263 e. The Kier molecular flexibility index (Phi) is 5.41. The van der Waals surface area contributed by atoms with Crippen LogP contribution in [0.25, 0.3) is 0 Å². The zero-order chi connectivity index (χ0) is 18.8. The molecule has 1 amide bonds. The second kappa shape index (κ2) is 7.94. The van der Waals surface area contributed by atoms with Crippen molar-refractivity contribution in [1.29, 1.82) is 0 Å². The van der Waals surface area contributed by atoms with Crippen LogP contribution in [-0.4, -0.2) is 34.7 Å². The monoisotopic (exact) mass is 387 g/mol. The molecule has 0 bridgehead atoms. The number of carbonyl (C=O) groups is 1. The third kappa shape index (κ3) is 3.99. The Morgan fingerprint density at radius 2 is 2.30 bits per heavy atom. The molecule has 2 aliphatic rings. The van der Waals surface area contributed by atoms with E-state index in [1.54, 1.807) is 29.0 Å². The lowest BCUT2D eigenvalue weighted by Gasteiger charge is -2.14. The number of hydrogen-bond donors (Lipinski definition) is 1. The summed E-state index contributed by atoms with van der Waals surface area (Å²) in [6.45, 7) is 3.55. The van der Waals surface area contributed by atoms with Crippen LogP contribution in [0.5, 0.6) is 0 Å². The second-order valence-electron chi connectivity index (χ2n) is 7.30. The average molecular weight is 388 g/mol. The first-order valence-electron chi connectivity index (χ1n) is 9.69. The molecular formula is C20H25N3O3S. The molecule has 0 saturated carbocycles. The summed E-state index contributed by atoms with van der Waals surface area (Å²) in [5.74, 6) is -0.303. The summed E-state index contributed by atoms with van der Waals surface area (Å²) in [7, 11) is 0. The van der Waals surface area contributed by atoms with E-state index < -0.39 is 0 Å². The number of amides is 1. The first kappa shape index (κ1) is 18.4. The fraction of sp³-hybridized carbons (Fsp3) is 0.550. The van der Waals surface area contributed by atoms with Crippen molar-refractivity contribution < 1.29 is 9.53 Å². The number of aromatic nitrogens is 2. The minimum atomic E-state index is -0.303. The van der Waals surface area contributed by atoms with Crippen molar-refractivity contribution in [3.63, 3.8) is 0 Å². The topological polar surface area (TPSA) is 73.2 Å². The maximum absolute atomic E-state index is 12.8. The highest BCUT2D eigenvalue weighted by Crippen LogP contribution is 2.27. The van der Waals surface area contributed by atoms with Crippen molar-refractivity contribution in [2.45, 2.75) is 58.1 Å². The lowest BCUT2D eigenvalue weighted by Crippen LogP contribution is -2.36. The predicted octanol–water partition coefficient (Wildman–Crippen LogP) is 2.25. The van der Waals surface area contributed by atoms with Crippen LogP contribution in [0.3, 0.4) is 0 Å². The molecule has 1 unspecified atom stereocenters. The first-order valence-corrected chi connectivity index (χ1v) is 10.5. The van der Waals surface area contributed by atoms with E-state index >= 15 is 0 Å². The molecule has 1 fully saturated rings. The van der Waals surface area contributed by atoms with E-state index in [1.807, 2.05) is 6.07 Å². The van der Waals surface area contributed by atoms with Crippen LogP contribution in [0.2, 0.25) is 0 Å². The normalized spacial score (nSPS) is 18.6. The van der Waals surface area contributed by atoms with Gasteiger partial charge in [-0.1, -0.05) is 0 Å². The lowest BCUT2D eigenvalue weighted by molar-refractivity contribution is 0.0930. The van der Waals surface area contributed by atoms with Crippen LogP contribution in [-0.2, 0) is 30.5 Å². The summed E-state index contributed by atoms with van der Waals surface area (Å²) < 4.78 is 7.22. The van der Waals surface area contributed by atoms with Crippen LogP contribution in [0.1, 0.15) is 50.8 Å². The van der Waals surface area contributed by atoms with Gasteiger partial charge in [0.25, 0.3) is 11.5 Å². The predicted molar refractivity (Wildman–Crippen MR) is 105 cm³/mol. The largest absolute Gasteiger partial charge is 0.376 e. The molecule has 2 aromatic heterocycles. The van der Waals surface area contributed by atoms with Crippen molar-refractivity contribution in [3.8, 4) is 0 Å². The van der Waals surface area contributed by atoms with Crippen molar-refractivity contribution in [2.75, 3.05) is 13.2 Å². The molecule has 2 aromatic rings. The number of rotatable bonds is 6. The molecular weight excluding hydrogens is 362 g/mol. The number of thiazole rings is 1. The number of pyridine rings is 1. The fourth-order valence-corrected chi connectivity index (χ4v) is 4.97. The standard InChI is InChI=1S/C20H25N3O3S/c1-13-8-10-23(12-14-4-3-11-26-14)20(25)18(13)19(24)21-9-7-17-22-15-5-2-6-16(15)27-17/h8,10,14H,2-7,9,11-12H2,1H3,(H,21,24). The highest BCUT2D eigenvalue weighted by molar-refractivity contribution is 7.11. The Morgan fingerprint density at radius 1 is 1.41 bits per heavy atom. The maximum atomic E-state index is 12.8. The molecule has 1 saturated heterocycles. The summed E-state index contributed by atoms with van der Waals surface area (Å²) in [5.41, 5.74) is 1.93. The van der Waals surface area contributed by atoms with Crippen LogP contribution >= 0.6 is 11.3 Å². The Balaban J connectivity index is 1.40. The SMILES string of the molecule is Cc1ccn(CC2CCCO2)c(=O)c1C(=O)NCCc1nc2c(s1)CCC2. The molecule has 0 aromatic carbocycles. The minimum Gasteiger partial charge on any atom is -0.376 e. The summed E-state index contributed by atoms with van der Waals surface area (Å²) in [5, 5.41) is 3.97. The van der Waals surface area contributed by atoms with E-state index in [1.165, 1.54) is 17.0 Å². The van der Waals surface area contributed by atoms with Crippen molar-refractivity contribution in [3.05, 3.63) is 49.3 Å². The fourth-order valence-electron chi connectivity index (χ4n) is 3.81. The summed E-state index contributed by atoms with van der Waals surface area (Å²) in [6.07, 6.45) is 7.92. The van der Waals surface area contributed by atoms with Crippen molar-refractivity contribution in [2.24, 2.45) is 0 Å². The Labute approximate surface area is 162 Å². The van der Waals surface area contributed by atoms with E-state index in [4.69, 9.17) is 4.74 Å². The van der Waals surface area contributed by atoms with Gasteiger partial charge in [0.05, 0.1) is 23.4 Å². The van der Waals surface area contributed by atoms with Crippen molar-refractivity contribution >= 4 is 17.2 Å². The van der Waals surface area contributed by atoms with E-state index in [-0.39, 0.29) is 23.1 Å². The summed E-state index contributed by atoms with van der Waals surface area (Å²) >= 11 is 1.75. The van der Waals surface area contributed by atoms with Crippen LogP contribution in [0.15, 0.2) is 17.1 Å².